The lowest BCUT2D eigenvalue weighted by atomic mass is 9.87. The zero-order chi connectivity index (χ0) is 14.7. The van der Waals surface area contributed by atoms with Crippen molar-refractivity contribution in [1.82, 2.24) is 0 Å². The van der Waals surface area contributed by atoms with Crippen LogP contribution in [0.4, 0.5) is 0 Å². The fraction of sp³-hybridized carbons (Fsp3) is 0.250. The summed E-state index contributed by atoms with van der Waals surface area (Å²) in [6, 6.07) is 13.8. The van der Waals surface area contributed by atoms with Gasteiger partial charge < -0.3 is 10.8 Å². The molecule has 3 N–H and O–H groups in total. The lowest BCUT2D eigenvalue weighted by Gasteiger charge is -2.24. The van der Waals surface area contributed by atoms with E-state index in [1.54, 1.807) is 0 Å². The minimum absolute atomic E-state index is 0.115. The van der Waals surface area contributed by atoms with E-state index in [0.29, 0.717) is 6.54 Å². The maximum Gasteiger partial charge on any atom is 0.0873 e. The summed E-state index contributed by atoms with van der Waals surface area (Å²) in [6.45, 7) is 2.40. The molecule has 2 aromatic rings. The normalized spacial score (nSPS) is 14.1. The quantitative estimate of drug-likeness (QED) is 0.806. The lowest BCUT2D eigenvalue weighted by molar-refractivity contribution is 0.146. The molecular weight excluding hydrogens is 382 g/mol. The Morgan fingerprint density at radius 1 is 1.10 bits per heavy atom. The van der Waals surface area contributed by atoms with Crippen LogP contribution in [0.1, 0.15) is 28.7 Å². The predicted molar refractivity (Wildman–Crippen MR) is 89.8 cm³/mol. The molecule has 0 saturated heterocycles. The second kappa shape index (κ2) is 6.85. The Morgan fingerprint density at radius 2 is 1.75 bits per heavy atom. The first-order valence-corrected chi connectivity index (χ1v) is 8.01. The van der Waals surface area contributed by atoms with Crippen molar-refractivity contribution in [2.45, 2.75) is 18.9 Å². The smallest absolute Gasteiger partial charge is 0.0873 e. The zero-order valence-electron chi connectivity index (χ0n) is 11.2. The summed E-state index contributed by atoms with van der Waals surface area (Å²) >= 11 is 6.92. The molecule has 2 nitrogen and oxygen atoms in total. The van der Waals surface area contributed by atoms with E-state index in [2.05, 4.69) is 31.9 Å². The number of halogens is 2. The van der Waals surface area contributed by atoms with Crippen molar-refractivity contribution in [2.75, 3.05) is 6.54 Å². The molecule has 20 heavy (non-hydrogen) atoms. The Kier molecular flexibility index (Phi) is 5.38. The van der Waals surface area contributed by atoms with Gasteiger partial charge in [-0.05, 0) is 41.8 Å². The van der Waals surface area contributed by atoms with Gasteiger partial charge in [0.05, 0.1) is 6.10 Å². The van der Waals surface area contributed by atoms with Crippen LogP contribution in [0.5, 0.6) is 0 Å². The number of aliphatic hydroxyl groups is 1. The van der Waals surface area contributed by atoms with Crippen molar-refractivity contribution < 1.29 is 5.11 Å². The molecule has 2 unspecified atom stereocenters. The summed E-state index contributed by atoms with van der Waals surface area (Å²) in [5, 5.41) is 10.7. The molecule has 106 valence electrons. The van der Waals surface area contributed by atoms with Gasteiger partial charge in [0.15, 0.2) is 0 Å². The van der Waals surface area contributed by atoms with E-state index in [-0.39, 0.29) is 5.92 Å². The molecule has 0 aromatic heterocycles. The van der Waals surface area contributed by atoms with E-state index < -0.39 is 6.10 Å². The van der Waals surface area contributed by atoms with E-state index in [1.807, 2.05) is 49.4 Å². The third-order valence-corrected chi connectivity index (χ3v) is 4.95. The first-order valence-electron chi connectivity index (χ1n) is 6.43. The van der Waals surface area contributed by atoms with Crippen LogP contribution < -0.4 is 5.73 Å². The van der Waals surface area contributed by atoms with E-state index in [9.17, 15) is 5.11 Å². The molecule has 0 bridgehead atoms. The molecule has 0 aliphatic carbocycles. The molecule has 0 saturated carbocycles. The predicted octanol–water partition coefficient (Wildman–Crippen LogP) is 4.30. The number of benzene rings is 2. The molecule has 0 spiro atoms. The Hall–Kier alpha value is -0.680. The molecular formula is C16H17Br2NO. The van der Waals surface area contributed by atoms with E-state index in [1.165, 1.54) is 0 Å². The van der Waals surface area contributed by atoms with Gasteiger partial charge in [-0.25, -0.2) is 0 Å². The highest BCUT2D eigenvalue weighted by Crippen LogP contribution is 2.34. The van der Waals surface area contributed by atoms with Crippen LogP contribution in [-0.4, -0.2) is 11.7 Å². The topological polar surface area (TPSA) is 46.2 Å². The van der Waals surface area contributed by atoms with Crippen LogP contribution in [-0.2, 0) is 0 Å². The van der Waals surface area contributed by atoms with Gasteiger partial charge in [0.25, 0.3) is 0 Å². The lowest BCUT2D eigenvalue weighted by Crippen LogP contribution is -2.20. The van der Waals surface area contributed by atoms with Gasteiger partial charge in [-0.15, -0.1) is 0 Å². The molecule has 2 atom stereocenters. The third-order valence-electron chi connectivity index (χ3n) is 3.56. The van der Waals surface area contributed by atoms with Gasteiger partial charge in [0.2, 0.25) is 0 Å². The van der Waals surface area contributed by atoms with Crippen LogP contribution in [0, 0.1) is 6.92 Å². The van der Waals surface area contributed by atoms with E-state index in [0.717, 1.165) is 25.6 Å². The van der Waals surface area contributed by atoms with Crippen LogP contribution >= 0.6 is 31.9 Å². The number of hydrogen-bond donors (Lipinski definition) is 2. The maximum atomic E-state index is 10.7. The molecule has 0 aliphatic rings. The Labute approximate surface area is 136 Å². The van der Waals surface area contributed by atoms with Crippen LogP contribution in [0.25, 0.3) is 0 Å². The SMILES string of the molecule is Cc1c(Br)cccc1C(O)C(CN)c1ccc(Br)cc1. The van der Waals surface area contributed by atoms with Gasteiger partial charge in [0, 0.05) is 21.4 Å². The highest BCUT2D eigenvalue weighted by Gasteiger charge is 2.23. The number of hydrogen-bond acceptors (Lipinski definition) is 2. The number of rotatable bonds is 4. The molecule has 0 amide bonds. The first-order chi connectivity index (χ1) is 9.54. The fourth-order valence-corrected chi connectivity index (χ4v) is 2.96. The number of nitrogens with two attached hydrogens (primary N) is 1. The van der Waals surface area contributed by atoms with Crippen LogP contribution in [0.2, 0.25) is 0 Å². The molecule has 4 heteroatoms. The first kappa shape index (κ1) is 15.7. The highest BCUT2D eigenvalue weighted by molar-refractivity contribution is 9.10. The van der Waals surface area contributed by atoms with Crippen molar-refractivity contribution in [2.24, 2.45) is 5.73 Å². The summed E-state index contributed by atoms with van der Waals surface area (Å²) in [6.07, 6.45) is -0.612. The van der Waals surface area contributed by atoms with Crippen molar-refractivity contribution in [3.8, 4) is 0 Å². The van der Waals surface area contributed by atoms with Gasteiger partial charge in [0.1, 0.15) is 0 Å². The average Bonchev–Trinajstić information content (AvgIpc) is 2.44. The number of aliphatic hydroxyl groups excluding tert-OH is 1. The van der Waals surface area contributed by atoms with Crippen molar-refractivity contribution in [1.29, 1.82) is 0 Å². The minimum Gasteiger partial charge on any atom is -0.388 e. The second-order valence-electron chi connectivity index (χ2n) is 4.79. The van der Waals surface area contributed by atoms with Crippen LogP contribution in [0.3, 0.4) is 0 Å². The standard InChI is InChI=1S/C16H17Br2NO/c1-10-13(3-2-4-15(10)18)16(20)14(9-19)11-5-7-12(17)8-6-11/h2-8,14,16,20H,9,19H2,1H3. The fourth-order valence-electron chi connectivity index (χ4n) is 2.32. The minimum atomic E-state index is -0.612. The third kappa shape index (κ3) is 3.31. The van der Waals surface area contributed by atoms with Gasteiger partial charge in [-0.3, -0.25) is 0 Å². The van der Waals surface area contributed by atoms with Crippen molar-refractivity contribution >= 4 is 31.9 Å². The Bertz CT molecular complexity index is 584. The van der Waals surface area contributed by atoms with Crippen LogP contribution in [0.15, 0.2) is 51.4 Å². The summed E-state index contributed by atoms with van der Waals surface area (Å²) in [5.41, 5.74) is 8.90. The van der Waals surface area contributed by atoms with Gasteiger partial charge >= 0.3 is 0 Å². The molecule has 2 aromatic carbocycles. The van der Waals surface area contributed by atoms with Crippen molar-refractivity contribution in [3.05, 3.63) is 68.1 Å². The maximum absolute atomic E-state index is 10.7. The Morgan fingerprint density at radius 3 is 2.35 bits per heavy atom. The summed E-state index contributed by atoms with van der Waals surface area (Å²) in [5.74, 6) is -0.115. The largest absolute Gasteiger partial charge is 0.388 e. The Balaban J connectivity index is 2.36. The monoisotopic (exact) mass is 397 g/mol. The molecule has 0 fully saturated rings. The zero-order valence-corrected chi connectivity index (χ0v) is 14.4. The van der Waals surface area contributed by atoms with E-state index >= 15 is 0 Å². The molecule has 2 rings (SSSR count). The average molecular weight is 399 g/mol. The molecule has 0 aliphatic heterocycles. The molecule has 0 radical (unpaired) electrons. The summed E-state index contributed by atoms with van der Waals surface area (Å²) < 4.78 is 2.02. The van der Waals surface area contributed by atoms with E-state index in [4.69, 9.17) is 5.73 Å². The molecule has 0 heterocycles. The summed E-state index contributed by atoms with van der Waals surface area (Å²) in [7, 11) is 0. The highest BCUT2D eigenvalue weighted by atomic mass is 79.9. The van der Waals surface area contributed by atoms with Crippen molar-refractivity contribution in [3.63, 3.8) is 0 Å². The van der Waals surface area contributed by atoms with Gasteiger partial charge in [-0.2, -0.15) is 0 Å². The summed E-state index contributed by atoms with van der Waals surface area (Å²) in [4.78, 5) is 0. The second-order valence-corrected chi connectivity index (χ2v) is 6.56. The van der Waals surface area contributed by atoms with Gasteiger partial charge in [-0.1, -0.05) is 56.1 Å².